The van der Waals surface area contributed by atoms with Crippen molar-refractivity contribution in [2.45, 2.75) is 38.1 Å². The minimum absolute atomic E-state index is 0.0431. The number of hydrogen-bond acceptors (Lipinski definition) is 2. The number of benzene rings is 1. The fourth-order valence-corrected chi connectivity index (χ4v) is 2.83. The Morgan fingerprint density at radius 2 is 2.00 bits per heavy atom. The fraction of sp³-hybridized carbons (Fsp3) is 0.353. The zero-order chi connectivity index (χ0) is 13.2. The lowest BCUT2D eigenvalue weighted by atomic mass is 9.76. The quantitative estimate of drug-likeness (QED) is 0.904. The van der Waals surface area contributed by atoms with Crippen molar-refractivity contribution in [2.24, 2.45) is 5.73 Å². The Morgan fingerprint density at radius 3 is 2.68 bits per heavy atom. The van der Waals surface area contributed by atoms with E-state index < -0.39 is 0 Å². The lowest BCUT2D eigenvalue weighted by molar-refractivity contribution is 0.416. The predicted octanol–water partition coefficient (Wildman–Crippen LogP) is 3.71. The maximum absolute atomic E-state index is 6.47. The van der Waals surface area contributed by atoms with Crippen LogP contribution in [0, 0.1) is 6.92 Å². The van der Waals surface area contributed by atoms with Crippen LogP contribution in [0.4, 0.5) is 0 Å². The maximum atomic E-state index is 6.47. The molecular weight excluding hydrogens is 232 g/mol. The van der Waals surface area contributed by atoms with E-state index in [2.05, 4.69) is 35.3 Å². The van der Waals surface area contributed by atoms with E-state index in [1.54, 1.807) is 0 Å². The number of rotatable bonds is 3. The van der Waals surface area contributed by atoms with Gasteiger partial charge in [0.25, 0.3) is 0 Å². The van der Waals surface area contributed by atoms with Crippen LogP contribution in [-0.4, -0.2) is 4.98 Å². The molecule has 0 aliphatic heterocycles. The van der Waals surface area contributed by atoms with Gasteiger partial charge in [-0.15, -0.1) is 0 Å². The number of nitrogens with two attached hydrogens (primary N) is 1. The Kier molecular flexibility index (Phi) is 3.34. The summed E-state index contributed by atoms with van der Waals surface area (Å²) in [7, 11) is 0. The Morgan fingerprint density at radius 1 is 1.21 bits per heavy atom. The third-order valence-corrected chi connectivity index (χ3v) is 4.16. The molecule has 1 aliphatic carbocycles. The highest BCUT2D eigenvalue weighted by molar-refractivity contribution is 5.39. The molecule has 0 radical (unpaired) electrons. The summed E-state index contributed by atoms with van der Waals surface area (Å²) in [5, 5.41) is 0. The van der Waals surface area contributed by atoms with E-state index >= 15 is 0 Å². The first-order valence-corrected chi connectivity index (χ1v) is 7.02. The minimum atomic E-state index is -0.0431. The summed E-state index contributed by atoms with van der Waals surface area (Å²) in [6.45, 7) is 2.01. The molecular formula is C17H20N2. The lowest BCUT2D eigenvalue weighted by Crippen LogP contribution is -2.18. The highest BCUT2D eigenvalue weighted by Gasteiger charge is 2.24. The van der Waals surface area contributed by atoms with E-state index in [-0.39, 0.29) is 6.04 Å². The van der Waals surface area contributed by atoms with Gasteiger partial charge < -0.3 is 5.73 Å². The topological polar surface area (TPSA) is 38.9 Å². The Bertz CT molecular complexity index is 573. The average molecular weight is 252 g/mol. The van der Waals surface area contributed by atoms with Gasteiger partial charge in [0.05, 0.1) is 6.04 Å². The molecule has 1 unspecified atom stereocenters. The second kappa shape index (κ2) is 5.14. The Hall–Kier alpha value is -1.67. The third-order valence-electron chi connectivity index (χ3n) is 4.16. The van der Waals surface area contributed by atoms with Crippen molar-refractivity contribution >= 4 is 0 Å². The van der Waals surface area contributed by atoms with Crippen molar-refractivity contribution in [3.05, 3.63) is 65.0 Å². The molecule has 1 fully saturated rings. The molecule has 1 atom stereocenters. The van der Waals surface area contributed by atoms with Crippen molar-refractivity contribution in [3.8, 4) is 0 Å². The van der Waals surface area contributed by atoms with Gasteiger partial charge in [-0.25, -0.2) is 0 Å². The van der Waals surface area contributed by atoms with Crippen LogP contribution < -0.4 is 5.73 Å². The molecule has 1 aromatic heterocycles. The summed E-state index contributed by atoms with van der Waals surface area (Å²) in [5.41, 5.74) is 11.4. The van der Waals surface area contributed by atoms with Gasteiger partial charge in [0.1, 0.15) is 0 Å². The van der Waals surface area contributed by atoms with Crippen molar-refractivity contribution in [1.29, 1.82) is 0 Å². The summed E-state index contributed by atoms with van der Waals surface area (Å²) in [6.07, 6.45) is 5.80. The predicted molar refractivity (Wildman–Crippen MR) is 78.0 cm³/mol. The maximum Gasteiger partial charge on any atom is 0.0555 e. The highest BCUT2D eigenvalue weighted by atomic mass is 14.7. The standard InChI is InChI=1S/C17H20N2/c1-12-11-14(9-10-19-12)17(18)16-8-3-2-7-15(16)13-5-4-6-13/h2-3,7-11,13,17H,4-6,18H2,1H3. The van der Waals surface area contributed by atoms with Gasteiger partial charge in [-0.1, -0.05) is 30.7 Å². The highest BCUT2D eigenvalue weighted by Crippen LogP contribution is 2.40. The summed E-state index contributed by atoms with van der Waals surface area (Å²) in [5.74, 6) is 0.713. The fourth-order valence-electron chi connectivity index (χ4n) is 2.83. The molecule has 1 saturated carbocycles. The SMILES string of the molecule is Cc1cc(C(N)c2ccccc2C2CCC2)ccn1. The molecule has 19 heavy (non-hydrogen) atoms. The zero-order valence-corrected chi connectivity index (χ0v) is 11.3. The van der Waals surface area contributed by atoms with E-state index in [0.29, 0.717) is 5.92 Å². The van der Waals surface area contributed by atoms with E-state index in [4.69, 9.17) is 5.73 Å². The average Bonchev–Trinajstić information content (AvgIpc) is 2.37. The first-order chi connectivity index (χ1) is 9.25. The van der Waals surface area contributed by atoms with Crippen LogP contribution in [-0.2, 0) is 0 Å². The molecule has 1 aliphatic rings. The molecule has 2 N–H and O–H groups in total. The molecule has 0 spiro atoms. The monoisotopic (exact) mass is 252 g/mol. The molecule has 3 rings (SSSR count). The second-order valence-electron chi connectivity index (χ2n) is 5.46. The van der Waals surface area contributed by atoms with Crippen molar-refractivity contribution in [1.82, 2.24) is 4.98 Å². The van der Waals surface area contributed by atoms with Gasteiger partial charge in [-0.2, -0.15) is 0 Å². The molecule has 98 valence electrons. The lowest BCUT2D eigenvalue weighted by Gasteiger charge is -2.29. The molecule has 1 aromatic carbocycles. The van der Waals surface area contributed by atoms with Gasteiger partial charge in [0.15, 0.2) is 0 Å². The number of nitrogens with zero attached hydrogens (tertiary/aromatic N) is 1. The smallest absolute Gasteiger partial charge is 0.0555 e. The van der Waals surface area contributed by atoms with Crippen molar-refractivity contribution in [3.63, 3.8) is 0 Å². The Balaban J connectivity index is 1.97. The molecule has 2 nitrogen and oxygen atoms in total. The molecule has 1 heterocycles. The van der Waals surface area contributed by atoms with E-state index in [9.17, 15) is 0 Å². The largest absolute Gasteiger partial charge is 0.320 e. The van der Waals surface area contributed by atoms with Crippen LogP contribution in [0.2, 0.25) is 0 Å². The minimum Gasteiger partial charge on any atom is -0.320 e. The van der Waals surface area contributed by atoms with Crippen LogP contribution in [0.5, 0.6) is 0 Å². The van der Waals surface area contributed by atoms with Crippen molar-refractivity contribution < 1.29 is 0 Å². The van der Waals surface area contributed by atoms with Gasteiger partial charge in [-0.05, 0) is 54.5 Å². The van der Waals surface area contributed by atoms with Crippen LogP contribution in [0.3, 0.4) is 0 Å². The van der Waals surface area contributed by atoms with E-state index in [1.807, 2.05) is 19.2 Å². The van der Waals surface area contributed by atoms with Crippen LogP contribution in [0.1, 0.15) is 53.6 Å². The summed E-state index contributed by atoms with van der Waals surface area (Å²) in [6, 6.07) is 12.7. The van der Waals surface area contributed by atoms with Gasteiger partial charge >= 0.3 is 0 Å². The van der Waals surface area contributed by atoms with Crippen LogP contribution in [0.25, 0.3) is 0 Å². The second-order valence-corrected chi connectivity index (χ2v) is 5.46. The molecule has 0 saturated heterocycles. The van der Waals surface area contributed by atoms with Crippen LogP contribution >= 0.6 is 0 Å². The molecule has 2 heteroatoms. The van der Waals surface area contributed by atoms with Gasteiger partial charge in [0, 0.05) is 11.9 Å². The van der Waals surface area contributed by atoms with E-state index in [1.165, 1.54) is 30.4 Å². The van der Waals surface area contributed by atoms with Crippen molar-refractivity contribution in [2.75, 3.05) is 0 Å². The number of aryl methyl sites for hydroxylation is 1. The summed E-state index contributed by atoms with van der Waals surface area (Å²) in [4.78, 5) is 4.25. The number of hydrogen-bond donors (Lipinski definition) is 1. The summed E-state index contributed by atoms with van der Waals surface area (Å²) < 4.78 is 0. The zero-order valence-electron chi connectivity index (χ0n) is 11.3. The van der Waals surface area contributed by atoms with Crippen LogP contribution in [0.15, 0.2) is 42.6 Å². The molecule has 0 bridgehead atoms. The number of pyridine rings is 1. The molecule has 2 aromatic rings. The Labute approximate surface area is 114 Å². The number of aromatic nitrogens is 1. The summed E-state index contributed by atoms with van der Waals surface area (Å²) >= 11 is 0. The first-order valence-electron chi connectivity index (χ1n) is 7.02. The van der Waals surface area contributed by atoms with Gasteiger partial charge in [-0.3, -0.25) is 4.98 Å². The van der Waals surface area contributed by atoms with E-state index in [0.717, 1.165) is 11.3 Å². The normalized spacial score (nSPS) is 16.9. The van der Waals surface area contributed by atoms with Gasteiger partial charge in [0.2, 0.25) is 0 Å². The third kappa shape index (κ3) is 2.41. The first kappa shape index (κ1) is 12.4. The molecule has 0 amide bonds.